The van der Waals surface area contributed by atoms with Crippen LogP contribution in [-0.2, 0) is 9.05 Å². The Morgan fingerprint density at radius 2 is 1.85 bits per heavy atom. The van der Waals surface area contributed by atoms with Crippen LogP contribution in [-0.4, -0.2) is 18.4 Å². The number of hydrogen-bond acceptors (Lipinski definition) is 4. The molecule has 0 aliphatic heterocycles. The zero-order chi connectivity index (χ0) is 10.1. The van der Waals surface area contributed by atoms with Crippen molar-refractivity contribution in [2.75, 3.05) is 0 Å². The van der Waals surface area contributed by atoms with Gasteiger partial charge in [0.05, 0.1) is 0 Å². The number of halogens is 3. The van der Waals surface area contributed by atoms with Gasteiger partial charge < -0.3 is 0 Å². The van der Waals surface area contributed by atoms with Gasteiger partial charge in [0.1, 0.15) is 5.69 Å². The van der Waals surface area contributed by atoms with E-state index in [4.69, 9.17) is 10.7 Å². The van der Waals surface area contributed by atoms with E-state index in [9.17, 15) is 17.2 Å². The predicted octanol–water partition coefficient (Wildman–Crippen LogP) is 1.34. The van der Waals surface area contributed by atoms with Gasteiger partial charge in [-0.1, -0.05) is 0 Å². The van der Waals surface area contributed by atoms with E-state index in [1.165, 1.54) is 0 Å². The lowest BCUT2D eigenvalue weighted by molar-refractivity contribution is 0.141. The Balaban J connectivity index is 3.37. The molecule has 1 aromatic heterocycles. The van der Waals surface area contributed by atoms with Crippen LogP contribution in [0.3, 0.4) is 0 Å². The zero-order valence-electron chi connectivity index (χ0n) is 5.99. The standard InChI is InChI=1S/C5H3ClF2N2O2S/c6-13(11,12)5-3(4(7)8)9-1-2-10-5/h1-2,4H. The van der Waals surface area contributed by atoms with Crippen molar-refractivity contribution in [3.63, 3.8) is 0 Å². The van der Waals surface area contributed by atoms with Crippen molar-refractivity contribution < 1.29 is 17.2 Å². The molecule has 4 nitrogen and oxygen atoms in total. The topological polar surface area (TPSA) is 59.9 Å². The second-order valence-electron chi connectivity index (χ2n) is 1.99. The van der Waals surface area contributed by atoms with Gasteiger partial charge in [0.25, 0.3) is 15.5 Å². The van der Waals surface area contributed by atoms with E-state index in [1.54, 1.807) is 0 Å². The highest BCUT2D eigenvalue weighted by Crippen LogP contribution is 2.24. The smallest absolute Gasteiger partial charge is 0.251 e. The first kappa shape index (κ1) is 10.3. The number of hydrogen-bond donors (Lipinski definition) is 0. The largest absolute Gasteiger partial charge is 0.283 e. The maximum Gasteiger partial charge on any atom is 0.283 e. The molecule has 0 spiro atoms. The third-order valence-corrected chi connectivity index (χ3v) is 2.34. The normalized spacial score (nSPS) is 12.0. The SMILES string of the molecule is O=S(=O)(Cl)c1nccnc1C(F)F. The van der Waals surface area contributed by atoms with Crippen LogP contribution in [0.5, 0.6) is 0 Å². The minimum absolute atomic E-state index is 0.897. The summed E-state index contributed by atoms with van der Waals surface area (Å²) in [5.74, 6) is 0. The summed E-state index contributed by atoms with van der Waals surface area (Å²) in [5, 5.41) is -0.897. The average Bonchev–Trinajstić information content (AvgIpc) is 2.03. The lowest BCUT2D eigenvalue weighted by atomic mass is 10.5. The van der Waals surface area contributed by atoms with E-state index >= 15 is 0 Å². The summed E-state index contributed by atoms with van der Waals surface area (Å²) in [7, 11) is 0.584. The fraction of sp³-hybridized carbons (Fsp3) is 0.200. The highest BCUT2D eigenvalue weighted by molar-refractivity contribution is 8.13. The van der Waals surface area contributed by atoms with Gasteiger partial charge in [0, 0.05) is 23.1 Å². The third-order valence-electron chi connectivity index (χ3n) is 1.13. The fourth-order valence-corrected chi connectivity index (χ4v) is 1.61. The molecule has 72 valence electrons. The van der Waals surface area contributed by atoms with Crippen LogP contribution in [0, 0.1) is 0 Å². The number of rotatable bonds is 2. The van der Waals surface area contributed by atoms with Crippen LogP contribution in [0.4, 0.5) is 8.78 Å². The fourth-order valence-electron chi connectivity index (χ4n) is 0.674. The molecule has 1 heterocycles. The Labute approximate surface area is 77.0 Å². The van der Waals surface area contributed by atoms with Crippen molar-refractivity contribution in [1.29, 1.82) is 0 Å². The van der Waals surface area contributed by atoms with E-state index in [0.29, 0.717) is 0 Å². The van der Waals surface area contributed by atoms with E-state index in [-0.39, 0.29) is 0 Å². The van der Waals surface area contributed by atoms with Crippen molar-refractivity contribution in [2.45, 2.75) is 11.5 Å². The number of aromatic nitrogens is 2. The molecule has 0 radical (unpaired) electrons. The molecule has 0 atom stereocenters. The predicted molar refractivity (Wildman–Crippen MR) is 40.0 cm³/mol. The van der Waals surface area contributed by atoms with E-state index < -0.39 is 26.2 Å². The van der Waals surface area contributed by atoms with Crippen molar-refractivity contribution >= 4 is 19.7 Å². The molecule has 0 aromatic carbocycles. The van der Waals surface area contributed by atoms with Crippen molar-refractivity contribution in [3.8, 4) is 0 Å². The molecule has 0 bridgehead atoms. The van der Waals surface area contributed by atoms with E-state index in [1.807, 2.05) is 0 Å². The lowest BCUT2D eigenvalue weighted by Gasteiger charge is -2.01. The Hall–Kier alpha value is -0.820. The Morgan fingerprint density at radius 1 is 1.31 bits per heavy atom. The van der Waals surface area contributed by atoms with Gasteiger partial charge in [-0.2, -0.15) is 0 Å². The Morgan fingerprint density at radius 3 is 2.23 bits per heavy atom. The quantitative estimate of drug-likeness (QED) is 0.717. The zero-order valence-corrected chi connectivity index (χ0v) is 7.56. The number of nitrogens with zero attached hydrogens (tertiary/aromatic N) is 2. The summed E-state index contributed by atoms with van der Waals surface area (Å²) in [5.41, 5.74) is -0.933. The number of alkyl halides is 2. The summed E-state index contributed by atoms with van der Waals surface area (Å²) in [6.45, 7) is 0. The first-order valence-electron chi connectivity index (χ1n) is 2.96. The van der Waals surface area contributed by atoms with Crippen LogP contribution in [0.15, 0.2) is 17.4 Å². The van der Waals surface area contributed by atoms with Crippen molar-refractivity contribution in [1.82, 2.24) is 9.97 Å². The molecule has 0 saturated heterocycles. The molecule has 0 fully saturated rings. The summed E-state index contributed by atoms with van der Waals surface area (Å²) < 4.78 is 45.6. The molecule has 0 aliphatic rings. The lowest BCUT2D eigenvalue weighted by Crippen LogP contribution is -2.03. The maximum absolute atomic E-state index is 12.1. The molecule has 0 unspecified atom stereocenters. The van der Waals surface area contributed by atoms with E-state index in [2.05, 4.69) is 9.97 Å². The summed E-state index contributed by atoms with van der Waals surface area (Å²) in [6.07, 6.45) is -1.08. The molecule has 1 rings (SSSR count). The van der Waals surface area contributed by atoms with E-state index in [0.717, 1.165) is 12.4 Å². The first-order chi connectivity index (χ1) is 5.93. The van der Waals surface area contributed by atoms with Gasteiger partial charge in [0.2, 0.25) is 0 Å². The van der Waals surface area contributed by atoms with Gasteiger partial charge in [0.15, 0.2) is 5.03 Å². The molecule has 13 heavy (non-hydrogen) atoms. The van der Waals surface area contributed by atoms with Gasteiger partial charge in [-0.25, -0.2) is 22.2 Å². The third kappa shape index (κ3) is 2.31. The monoisotopic (exact) mass is 228 g/mol. The maximum atomic E-state index is 12.1. The van der Waals surface area contributed by atoms with Gasteiger partial charge in [-0.3, -0.25) is 4.98 Å². The van der Waals surface area contributed by atoms with Crippen LogP contribution in [0.1, 0.15) is 12.1 Å². The molecular weight excluding hydrogens is 226 g/mol. The molecule has 0 N–H and O–H groups in total. The van der Waals surface area contributed by atoms with Crippen LogP contribution in [0.25, 0.3) is 0 Å². The Bertz CT molecular complexity index is 409. The van der Waals surface area contributed by atoms with Gasteiger partial charge >= 0.3 is 0 Å². The highest BCUT2D eigenvalue weighted by Gasteiger charge is 2.24. The molecule has 0 aliphatic carbocycles. The molecular formula is C5H3ClF2N2O2S. The molecule has 8 heteroatoms. The molecule has 1 aromatic rings. The molecule has 0 amide bonds. The van der Waals surface area contributed by atoms with Crippen LogP contribution < -0.4 is 0 Å². The summed E-state index contributed by atoms with van der Waals surface area (Å²) in [6, 6.07) is 0. The van der Waals surface area contributed by atoms with Gasteiger partial charge in [-0.15, -0.1) is 0 Å². The second-order valence-corrected chi connectivity index (χ2v) is 4.47. The molecule has 0 saturated carbocycles. The summed E-state index contributed by atoms with van der Waals surface area (Å²) >= 11 is 0. The Kier molecular flexibility index (Phi) is 2.77. The van der Waals surface area contributed by atoms with Crippen LogP contribution in [0.2, 0.25) is 0 Å². The first-order valence-corrected chi connectivity index (χ1v) is 5.27. The highest BCUT2D eigenvalue weighted by atomic mass is 35.7. The minimum Gasteiger partial charge on any atom is -0.251 e. The van der Waals surface area contributed by atoms with Crippen molar-refractivity contribution in [3.05, 3.63) is 18.1 Å². The van der Waals surface area contributed by atoms with Crippen LogP contribution >= 0.6 is 10.7 Å². The second kappa shape index (κ2) is 3.51. The van der Waals surface area contributed by atoms with Crippen molar-refractivity contribution in [2.24, 2.45) is 0 Å². The average molecular weight is 229 g/mol. The van der Waals surface area contributed by atoms with Gasteiger partial charge in [-0.05, 0) is 0 Å². The minimum atomic E-state index is -4.26. The summed E-state index contributed by atoms with van der Waals surface area (Å²) in [4.78, 5) is 6.38.